The Kier molecular flexibility index (Phi) is 11.3. The molecular formula is C42H64O16. The standard InChI is InChI=1S/C42H64O16/c1-37(36(53)54-6)13-15-42(35(51)52)16-14-40(4)20(21(42)17-37)7-8-24-38(2)11-10-25(39(3,19-43)23(38)9-12-41(24,40)5)56-34-29(48)30(28(47)31(58-34)32(49)50)57-33-27(46)26(45)22(44)18-55-33/h7,21-31,33-34,43-48H,8-19H2,1-6H3,(H,49,50)(H,51,52). The van der Waals surface area contributed by atoms with Gasteiger partial charge in [-0.25, -0.2) is 4.79 Å². The third-order valence-corrected chi connectivity index (χ3v) is 17.4. The summed E-state index contributed by atoms with van der Waals surface area (Å²) in [6, 6.07) is 0. The number of aliphatic hydroxyl groups is 6. The van der Waals surface area contributed by atoms with Crippen LogP contribution in [0.2, 0.25) is 0 Å². The number of fused-ring (bicyclic) bond motifs is 7. The molecular weight excluding hydrogens is 760 g/mol. The molecule has 19 unspecified atom stereocenters. The van der Waals surface area contributed by atoms with E-state index < -0.39 is 96.2 Å². The largest absolute Gasteiger partial charge is 0.481 e. The zero-order valence-corrected chi connectivity index (χ0v) is 34.4. The molecule has 16 nitrogen and oxygen atoms in total. The van der Waals surface area contributed by atoms with Crippen molar-refractivity contribution in [3.8, 4) is 0 Å². The molecule has 0 aromatic heterocycles. The molecule has 6 fully saturated rings. The molecule has 16 heteroatoms. The first-order valence-electron chi connectivity index (χ1n) is 20.9. The van der Waals surface area contributed by atoms with E-state index in [4.69, 9.17) is 23.7 Å². The Morgan fingerprint density at radius 3 is 2.14 bits per heavy atom. The molecule has 328 valence electrons. The minimum atomic E-state index is -1.93. The summed E-state index contributed by atoms with van der Waals surface area (Å²) in [5.74, 6) is -2.93. The number of ether oxygens (including phenoxy) is 5. The first-order chi connectivity index (χ1) is 27.1. The monoisotopic (exact) mass is 824 g/mol. The number of carboxylic acids is 2. The lowest BCUT2D eigenvalue weighted by Crippen LogP contribution is -2.67. The van der Waals surface area contributed by atoms with E-state index in [2.05, 4.69) is 26.8 Å². The Hall–Kier alpha value is -2.25. The van der Waals surface area contributed by atoms with Gasteiger partial charge in [-0.05, 0) is 105 Å². The Morgan fingerprint density at radius 1 is 0.810 bits per heavy atom. The second-order valence-electron chi connectivity index (χ2n) is 20.0. The average Bonchev–Trinajstić information content (AvgIpc) is 3.18. The van der Waals surface area contributed by atoms with Gasteiger partial charge in [-0.3, -0.25) is 9.59 Å². The molecule has 2 heterocycles. The van der Waals surface area contributed by atoms with Crippen molar-refractivity contribution in [3.63, 3.8) is 0 Å². The SMILES string of the molecule is COC(=O)C1(C)CCC2(C(=O)O)CCC3(C)C(=CCC4C5(C)CCC(OC6OC(C(=O)O)C(O)C(OC7OCC(O)C(O)C7O)C6O)C(C)(CO)C5CCC43C)C2C1. The van der Waals surface area contributed by atoms with Crippen LogP contribution in [0.15, 0.2) is 11.6 Å². The second-order valence-corrected chi connectivity index (χ2v) is 20.0. The molecule has 0 aromatic carbocycles. The van der Waals surface area contributed by atoms with Crippen LogP contribution in [0, 0.1) is 50.2 Å². The molecule has 19 atom stereocenters. The first-order valence-corrected chi connectivity index (χ1v) is 20.9. The highest BCUT2D eigenvalue weighted by Crippen LogP contribution is 2.76. The molecule has 2 aliphatic heterocycles. The van der Waals surface area contributed by atoms with Crippen molar-refractivity contribution in [2.24, 2.45) is 50.2 Å². The maximum Gasteiger partial charge on any atom is 0.335 e. The summed E-state index contributed by atoms with van der Waals surface area (Å²) < 4.78 is 28.4. The molecule has 2 saturated heterocycles. The smallest absolute Gasteiger partial charge is 0.335 e. The zero-order valence-electron chi connectivity index (χ0n) is 34.4. The third-order valence-electron chi connectivity index (χ3n) is 17.4. The van der Waals surface area contributed by atoms with Crippen LogP contribution in [0.4, 0.5) is 0 Å². The van der Waals surface area contributed by atoms with Crippen LogP contribution >= 0.6 is 0 Å². The summed E-state index contributed by atoms with van der Waals surface area (Å²) >= 11 is 0. The molecule has 7 aliphatic rings. The van der Waals surface area contributed by atoms with Gasteiger partial charge in [0.15, 0.2) is 18.7 Å². The molecule has 0 bridgehead atoms. The highest BCUT2D eigenvalue weighted by Gasteiger charge is 2.70. The van der Waals surface area contributed by atoms with E-state index in [-0.39, 0.29) is 46.6 Å². The fraction of sp³-hybridized carbons (Fsp3) is 0.881. The van der Waals surface area contributed by atoms with Crippen LogP contribution in [0.5, 0.6) is 0 Å². The maximum absolute atomic E-state index is 13.2. The van der Waals surface area contributed by atoms with Gasteiger partial charge in [0.2, 0.25) is 0 Å². The number of hydrogen-bond donors (Lipinski definition) is 8. The second kappa shape index (κ2) is 15.0. The molecule has 0 amide bonds. The third kappa shape index (κ3) is 6.25. The van der Waals surface area contributed by atoms with E-state index in [0.29, 0.717) is 57.8 Å². The summed E-state index contributed by atoms with van der Waals surface area (Å²) in [6.07, 6.45) is -8.14. The van der Waals surface area contributed by atoms with E-state index in [1.165, 1.54) is 7.11 Å². The fourth-order valence-corrected chi connectivity index (χ4v) is 13.7. The molecule has 0 radical (unpaired) electrons. The predicted molar refractivity (Wildman–Crippen MR) is 200 cm³/mol. The van der Waals surface area contributed by atoms with Gasteiger partial charge in [-0.2, -0.15) is 0 Å². The van der Waals surface area contributed by atoms with E-state index in [1.807, 2.05) is 13.8 Å². The minimum absolute atomic E-state index is 0.0910. The number of carbonyl (C=O) groups excluding carboxylic acids is 1. The molecule has 0 aromatic rings. The van der Waals surface area contributed by atoms with E-state index in [1.54, 1.807) is 0 Å². The topological polar surface area (TPSA) is 259 Å². The van der Waals surface area contributed by atoms with Gasteiger partial charge >= 0.3 is 17.9 Å². The number of aliphatic carboxylic acids is 2. The van der Waals surface area contributed by atoms with Crippen molar-refractivity contribution in [1.82, 2.24) is 0 Å². The van der Waals surface area contributed by atoms with Crippen molar-refractivity contribution in [3.05, 3.63) is 11.6 Å². The van der Waals surface area contributed by atoms with Gasteiger partial charge in [0.1, 0.15) is 36.6 Å². The van der Waals surface area contributed by atoms with Crippen molar-refractivity contribution in [2.75, 3.05) is 20.3 Å². The lowest BCUT2D eigenvalue weighted by Gasteiger charge is -2.71. The van der Waals surface area contributed by atoms with Gasteiger partial charge < -0.3 is 64.5 Å². The summed E-state index contributed by atoms with van der Waals surface area (Å²) in [6.45, 7) is 10.0. The number of carbonyl (C=O) groups is 3. The molecule has 4 saturated carbocycles. The summed E-state index contributed by atoms with van der Waals surface area (Å²) in [4.78, 5) is 38.6. The number of rotatable bonds is 8. The van der Waals surface area contributed by atoms with Gasteiger partial charge in [0.25, 0.3) is 0 Å². The lowest BCUT2D eigenvalue weighted by molar-refractivity contribution is -0.358. The normalized spacial score (nSPS) is 52.8. The molecule has 58 heavy (non-hydrogen) atoms. The zero-order chi connectivity index (χ0) is 42.5. The number of esters is 1. The Labute approximate surface area is 338 Å². The number of carboxylic acid groups (broad SMARTS) is 2. The van der Waals surface area contributed by atoms with Crippen molar-refractivity contribution in [2.45, 2.75) is 160 Å². The van der Waals surface area contributed by atoms with Gasteiger partial charge in [0, 0.05) is 5.41 Å². The number of methoxy groups -OCH3 is 1. The summed E-state index contributed by atoms with van der Waals surface area (Å²) in [5, 5.41) is 85.1. The lowest BCUT2D eigenvalue weighted by atomic mass is 9.33. The van der Waals surface area contributed by atoms with E-state index in [0.717, 1.165) is 12.0 Å². The van der Waals surface area contributed by atoms with Crippen LogP contribution in [-0.2, 0) is 38.1 Å². The van der Waals surface area contributed by atoms with E-state index >= 15 is 0 Å². The molecule has 7 rings (SSSR count). The number of hydrogen-bond acceptors (Lipinski definition) is 14. The quantitative estimate of drug-likeness (QED) is 0.0985. The first kappa shape index (κ1) is 43.8. The van der Waals surface area contributed by atoms with Crippen LogP contribution in [0.1, 0.15) is 98.8 Å². The van der Waals surface area contributed by atoms with Gasteiger partial charge in [-0.15, -0.1) is 0 Å². The fourth-order valence-electron chi connectivity index (χ4n) is 13.7. The van der Waals surface area contributed by atoms with Crippen molar-refractivity contribution in [1.29, 1.82) is 0 Å². The summed E-state index contributed by atoms with van der Waals surface area (Å²) in [7, 11) is 1.38. The Bertz CT molecular complexity index is 1660. The summed E-state index contributed by atoms with van der Waals surface area (Å²) in [5.41, 5.74) is -2.41. The van der Waals surface area contributed by atoms with Crippen LogP contribution in [0.25, 0.3) is 0 Å². The van der Waals surface area contributed by atoms with Crippen LogP contribution < -0.4 is 0 Å². The Morgan fingerprint density at radius 2 is 1.50 bits per heavy atom. The average molecular weight is 825 g/mol. The van der Waals surface area contributed by atoms with Crippen molar-refractivity contribution >= 4 is 17.9 Å². The molecule has 0 spiro atoms. The number of aliphatic hydroxyl groups excluding tert-OH is 6. The predicted octanol–water partition coefficient (Wildman–Crippen LogP) is 1.74. The van der Waals surface area contributed by atoms with E-state index in [9.17, 15) is 55.2 Å². The van der Waals surface area contributed by atoms with Crippen molar-refractivity contribution < 1.29 is 78.9 Å². The van der Waals surface area contributed by atoms with Crippen LogP contribution in [0.3, 0.4) is 0 Å². The number of allylic oxidation sites excluding steroid dienone is 2. The molecule has 5 aliphatic carbocycles. The Balaban J connectivity index is 1.16. The minimum Gasteiger partial charge on any atom is -0.481 e. The highest BCUT2D eigenvalue weighted by molar-refractivity contribution is 5.80. The molecule has 8 N–H and O–H groups in total. The highest BCUT2D eigenvalue weighted by atomic mass is 16.7. The van der Waals surface area contributed by atoms with Gasteiger partial charge in [-0.1, -0.05) is 39.3 Å². The van der Waals surface area contributed by atoms with Crippen LogP contribution in [-0.4, -0.2) is 140 Å². The van der Waals surface area contributed by atoms with Gasteiger partial charge in [0.05, 0.1) is 37.3 Å². The maximum atomic E-state index is 13.2.